The van der Waals surface area contributed by atoms with E-state index in [1.165, 1.54) is 100 Å². The topological polar surface area (TPSA) is 3.24 Å². The van der Waals surface area contributed by atoms with Gasteiger partial charge in [-0.05, 0) is 137 Å². The molecule has 0 aliphatic heterocycles. The fourth-order valence-corrected chi connectivity index (χ4v) is 12.3. The molecule has 0 unspecified atom stereocenters. The van der Waals surface area contributed by atoms with Crippen LogP contribution < -0.4 is 4.90 Å². The molecule has 13 rings (SSSR count). The summed E-state index contributed by atoms with van der Waals surface area (Å²) in [7, 11) is 0. The predicted molar refractivity (Wildman–Crippen MR) is 258 cm³/mol. The van der Waals surface area contributed by atoms with E-state index in [-0.39, 0.29) is 10.8 Å². The average molecular weight is 792 g/mol. The molecule has 62 heavy (non-hydrogen) atoms. The highest BCUT2D eigenvalue weighted by molar-refractivity contribution is 6.07. The van der Waals surface area contributed by atoms with E-state index < -0.39 is 5.41 Å². The van der Waals surface area contributed by atoms with Crippen LogP contribution in [0.3, 0.4) is 0 Å². The van der Waals surface area contributed by atoms with Gasteiger partial charge in [0.2, 0.25) is 0 Å². The molecule has 4 aliphatic carbocycles. The van der Waals surface area contributed by atoms with Crippen molar-refractivity contribution in [2.45, 2.75) is 43.9 Å². The molecular formula is C61H45N. The van der Waals surface area contributed by atoms with Crippen molar-refractivity contribution in [2.75, 3.05) is 4.90 Å². The van der Waals surface area contributed by atoms with Crippen LogP contribution >= 0.6 is 0 Å². The van der Waals surface area contributed by atoms with Gasteiger partial charge in [-0.3, -0.25) is 0 Å². The van der Waals surface area contributed by atoms with Crippen molar-refractivity contribution in [3.05, 3.63) is 245 Å². The maximum atomic E-state index is 2.63. The summed E-state index contributed by atoms with van der Waals surface area (Å²) in [6, 6.07) is 75.8. The molecule has 1 spiro atoms. The molecule has 0 fully saturated rings. The molecule has 0 amide bonds. The van der Waals surface area contributed by atoms with Gasteiger partial charge < -0.3 is 4.90 Å². The molecular weight excluding hydrogens is 747 g/mol. The lowest BCUT2D eigenvalue weighted by molar-refractivity contribution is 0.657. The summed E-state index contributed by atoms with van der Waals surface area (Å²) in [4.78, 5) is 2.49. The van der Waals surface area contributed by atoms with Crippen LogP contribution in [0.2, 0.25) is 0 Å². The number of benzene rings is 9. The molecule has 0 N–H and O–H groups in total. The minimum absolute atomic E-state index is 0.119. The molecule has 0 saturated carbocycles. The first-order chi connectivity index (χ1) is 30.3. The Morgan fingerprint density at radius 3 is 1.32 bits per heavy atom. The fraction of sp³-hybridized carbons (Fsp3) is 0.115. The summed E-state index contributed by atoms with van der Waals surface area (Å²) in [5.41, 5.74) is 26.8. The fourth-order valence-electron chi connectivity index (χ4n) is 12.3. The molecule has 0 bridgehead atoms. The zero-order chi connectivity index (χ0) is 41.5. The van der Waals surface area contributed by atoms with E-state index in [1.54, 1.807) is 0 Å². The van der Waals surface area contributed by atoms with Gasteiger partial charge in [0.05, 0.1) is 5.41 Å². The molecule has 0 saturated heterocycles. The molecule has 4 aliphatic rings. The summed E-state index contributed by atoms with van der Waals surface area (Å²) in [5, 5.41) is 0. The van der Waals surface area contributed by atoms with Crippen LogP contribution in [-0.2, 0) is 16.2 Å². The van der Waals surface area contributed by atoms with E-state index in [4.69, 9.17) is 0 Å². The van der Waals surface area contributed by atoms with E-state index in [9.17, 15) is 0 Å². The van der Waals surface area contributed by atoms with Gasteiger partial charge in [0, 0.05) is 27.9 Å². The van der Waals surface area contributed by atoms with Crippen LogP contribution in [0.1, 0.15) is 72.2 Å². The van der Waals surface area contributed by atoms with Gasteiger partial charge in [0.25, 0.3) is 0 Å². The summed E-state index contributed by atoms with van der Waals surface area (Å²) in [6.07, 6.45) is 0. The number of nitrogens with zero attached hydrogens (tertiary/aromatic N) is 1. The Morgan fingerprint density at radius 1 is 0.274 bits per heavy atom. The van der Waals surface area contributed by atoms with Crippen LogP contribution in [0, 0.1) is 0 Å². The Morgan fingerprint density at radius 2 is 0.694 bits per heavy atom. The summed E-state index contributed by atoms with van der Waals surface area (Å²) < 4.78 is 0. The predicted octanol–water partition coefficient (Wildman–Crippen LogP) is 15.8. The van der Waals surface area contributed by atoms with E-state index >= 15 is 0 Å². The van der Waals surface area contributed by atoms with Gasteiger partial charge in [-0.15, -0.1) is 0 Å². The van der Waals surface area contributed by atoms with Crippen LogP contribution in [0.5, 0.6) is 0 Å². The average Bonchev–Trinajstić information content (AvgIpc) is 3.94. The Balaban J connectivity index is 1.14. The maximum Gasteiger partial charge on any atom is 0.0726 e. The van der Waals surface area contributed by atoms with Gasteiger partial charge in [0.1, 0.15) is 0 Å². The SMILES string of the molecule is CC1(C)c2ccccc2-c2ccc(N(c3ccccc3)c3ccc4c(c3)C3(c5ccccc5-c5ccccc53)c3cc5c(c(-c6ccccc6)c3-4)-c3ccccc3C5(C)C)cc21. The Labute approximate surface area is 364 Å². The monoisotopic (exact) mass is 791 g/mol. The van der Waals surface area contributed by atoms with Gasteiger partial charge >= 0.3 is 0 Å². The summed E-state index contributed by atoms with van der Waals surface area (Å²) in [5.74, 6) is 0. The zero-order valence-corrected chi connectivity index (χ0v) is 35.5. The molecule has 1 nitrogen and oxygen atoms in total. The molecule has 294 valence electrons. The van der Waals surface area contributed by atoms with Crippen LogP contribution in [0.4, 0.5) is 17.1 Å². The lowest BCUT2D eigenvalue weighted by atomic mass is 9.69. The number of hydrogen-bond acceptors (Lipinski definition) is 1. The van der Waals surface area contributed by atoms with E-state index in [1.807, 2.05) is 0 Å². The number of hydrogen-bond donors (Lipinski definition) is 0. The van der Waals surface area contributed by atoms with E-state index in [0.29, 0.717) is 0 Å². The van der Waals surface area contributed by atoms with Crippen molar-refractivity contribution >= 4 is 17.1 Å². The van der Waals surface area contributed by atoms with Gasteiger partial charge in [-0.1, -0.05) is 191 Å². The van der Waals surface area contributed by atoms with Crippen molar-refractivity contribution in [3.63, 3.8) is 0 Å². The minimum Gasteiger partial charge on any atom is -0.310 e. The lowest BCUT2D eigenvalue weighted by Crippen LogP contribution is -2.27. The largest absolute Gasteiger partial charge is 0.310 e. The maximum absolute atomic E-state index is 2.63. The third-order valence-electron chi connectivity index (χ3n) is 15.1. The molecule has 9 aromatic carbocycles. The highest BCUT2D eigenvalue weighted by atomic mass is 15.1. The normalized spacial score (nSPS) is 15.5. The van der Waals surface area contributed by atoms with Crippen LogP contribution in [0.25, 0.3) is 55.6 Å². The first kappa shape index (κ1) is 35.5. The number of fused-ring (bicyclic) bond motifs is 16. The van der Waals surface area contributed by atoms with Gasteiger partial charge in [-0.2, -0.15) is 0 Å². The van der Waals surface area contributed by atoms with Crippen molar-refractivity contribution in [1.82, 2.24) is 0 Å². The standard InChI is InChI=1S/C61H45N/c1-59(2)48-27-15-11-23-42(48)45-33-31-40(35-52(45)59)62(39-21-9-6-10-22-39)41-32-34-47-53(36-41)61(50-29-17-12-24-43(50)44-25-13-18-30-51(44)61)55-37-54-57(46-26-14-16-28-49(46)60(54,3)4)56(58(47)55)38-19-7-5-8-20-38/h5-37H,1-4H3. The second kappa shape index (κ2) is 12.4. The Hall–Kier alpha value is -7.22. The first-order valence-electron chi connectivity index (χ1n) is 22.1. The number of rotatable bonds is 4. The van der Waals surface area contributed by atoms with Gasteiger partial charge in [-0.25, -0.2) is 0 Å². The van der Waals surface area contributed by atoms with Crippen molar-refractivity contribution < 1.29 is 0 Å². The molecule has 0 atom stereocenters. The molecule has 0 heterocycles. The van der Waals surface area contributed by atoms with E-state index in [0.717, 1.165) is 17.1 Å². The van der Waals surface area contributed by atoms with Gasteiger partial charge in [0.15, 0.2) is 0 Å². The molecule has 0 aromatic heterocycles. The summed E-state index contributed by atoms with van der Waals surface area (Å²) >= 11 is 0. The quantitative estimate of drug-likeness (QED) is 0.172. The third kappa shape index (κ3) is 4.43. The Kier molecular flexibility index (Phi) is 7.12. The highest BCUT2D eigenvalue weighted by Gasteiger charge is 2.54. The Bertz CT molecular complexity index is 3300. The first-order valence-corrected chi connectivity index (χ1v) is 22.1. The molecule has 0 radical (unpaired) electrons. The second-order valence-corrected chi connectivity index (χ2v) is 18.8. The van der Waals surface area contributed by atoms with Crippen molar-refractivity contribution in [3.8, 4) is 55.6 Å². The molecule has 1 heteroatoms. The van der Waals surface area contributed by atoms with Crippen molar-refractivity contribution in [2.24, 2.45) is 0 Å². The third-order valence-corrected chi connectivity index (χ3v) is 15.1. The highest BCUT2D eigenvalue weighted by Crippen LogP contribution is 2.67. The van der Waals surface area contributed by atoms with Crippen LogP contribution in [-0.4, -0.2) is 0 Å². The second-order valence-electron chi connectivity index (χ2n) is 18.8. The smallest absolute Gasteiger partial charge is 0.0726 e. The number of anilines is 3. The minimum atomic E-state index is -0.540. The van der Waals surface area contributed by atoms with Crippen LogP contribution in [0.15, 0.2) is 200 Å². The summed E-state index contributed by atoms with van der Waals surface area (Å²) in [6.45, 7) is 9.61. The lowest BCUT2D eigenvalue weighted by Gasteiger charge is -2.33. The zero-order valence-electron chi connectivity index (χ0n) is 35.5. The number of para-hydroxylation sites is 1. The molecule has 9 aromatic rings. The van der Waals surface area contributed by atoms with Crippen molar-refractivity contribution in [1.29, 1.82) is 0 Å². The van der Waals surface area contributed by atoms with E-state index in [2.05, 4.69) is 233 Å².